The molecule has 6 nitrogen and oxygen atoms in total. The highest BCUT2D eigenvalue weighted by Gasteiger charge is 2.29. The molecule has 25 heavy (non-hydrogen) atoms. The molecule has 0 aliphatic carbocycles. The second-order valence-corrected chi connectivity index (χ2v) is 6.11. The fraction of sp³-hybridized carbons (Fsp3) is 0.421. The Bertz CT molecular complexity index is 718. The Morgan fingerprint density at radius 1 is 1.32 bits per heavy atom. The van der Waals surface area contributed by atoms with Gasteiger partial charge in [0.25, 0.3) is 5.91 Å². The summed E-state index contributed by atoms with van der Waals surface area (Å²) in [4.78, 5) is 23.4. The number of amides is 1. The van der Waals surface area contributed by atoms with E-state index in [9.17, 15) is 4.79 Å². The molecule has 1 fully saturated rings. The number of ether oxygens (including phenoxy) is 1. The minimum absolute atomic E-state index is 0.0180. The summed E-state index contributed by atoms with van der Waals surface area (Å²) in [5, 5.41) is 3.04. The molecule has 1 N–H and O–H groups in total. The number of carbonyl (C=O) groups excluding carboxylic acids is 1. The molecular formula is C19H24N4O2. The number of aromatic nitrogens is 2. The van der Waals surface area contributed by atoms with Crippen LogP contribution < -0.4 is 10.1 Å². The van der Waals surface area contributed by atoms with Gasteiger partial charge in [0, 0.05) is 25.5 Å². The number of anilines is 1. The first-order chi connectivity index (χ1) is 12.2. The molecule has 1 aromatic heterocycles. The second-order valence-electron chi connectivity index (χ2n) is 6.11. The van der Waals surface area contributed by atoms with Gasteiger partial charge in [-0.2, -0.15) is 0 Å². The summed E-state index contributed by atoms with van der Waals surface area (Å²) in [5.41, 5.74) is 1.63. The molecule has 3 rings (SSSR count). The molecule has 0 radical (unpaired) electrons. The molecule has 1 amide bonds. The van der Waals surface area contributed by atoms with Crippen molar-refractivity contribution >= 4 is 11.9 Å². The molecule has 6 heteroatoms. The second kappa shape index (κ2) is 7.96. The van der Waals surface area contributed by atoms with E-state index >= 15 is 0 Å². The molecule has 1 aliphatic rings. The first-order valence-corrected chi connectivity index (χ1v) is 8.73. The van der Waals surface area contributed by atoms with Crippen molar-refractivity contribution in [3.63, 3.8) is 0 Å². The molecule has 2 aromatic rings. The number of rotatable bonds is 5. The Hall–Kier alpha value is -2.63. The Morgan fingerprint density at radius 3 is 2.84 bits per heavy atom. The lowest BCUT2D eigenvalue weighted by Crippen LogP contribution is -2.38. The molecule has 2 heterocycles. The largest absolute Gasteiger partial charge is 0.497 e. The highest BCUT2D eigenvalue weighted by atomic mass is 16.5. The quantitative estimate of drug-likeness (QED) is 0.905. The highest BCUT2D eigenvalue weighted by Crippen LogP contribution is 2.33. The average molecular weight is 340 g/mol. The van der Waals surface area contributed by atoms with Crippen LogP contribution in [0, 0.1) is 0 Å². The van der Waals surface area contributed by atoms with E-state index in [1.54, 1.807) is 19.5 Å². The molecule has 1 atom stereocenters. The van der Waals surface area contributed by atoms with E-state index in [0.29, 0.717) is 11.5 Å². The van der Waals surface area contributed by atoms with Crippen molar-refractivity contribution in [2.24, 2.45) is 0 Å². The number of hydrogen-bond acceptors (Lipinski definition) is 5. The number of nitrogens with one attached hydrogen (secondary N) is 1. The Morgan fingerprint density at radius 2 is 2.12 bits per heavy atom. The first kappa shape index (κ1) is 17.2. The summed E-state index contributed by atoms with van der Waals surface area (Å²) in [6.07, 6.45) is 6.29. The fourth-order valence-electron chi connectivity index (χ4n) is 3.22. The molecular weight excluding hydrogens is 316 g/mol. The molecule has 1 unspecified atom stereocenters. The van der Waals surface area contributed by atoms with Crippen LogP contribution in [0.1, 0.15) is 48.1 Å². The van der Waals surface area contributed by atoms with Gasteiger partial charge in [-0.25, -0.2) is 9.97 Å². The number of hydrogen-bond donors (Lipinski definition) is 1. The van der Waals surface area contributed by atoms with E-state index in [4.69, 9.17) is 4.74 Å². The third-order valence-corrected chi connectivity index (χ3v) is 4.48. The molecule has 0 spiro atoms. The summed E-state index contributed by atoms with van der Waals surface area (Å²) in [5.74, 6) is 1.34. The fourth-order valence-corrected chi connectivity index (χ4v) is 3.22. The van der Waals surface area contributed by atoms with Crippen LogP contribution in [-0.4, -0.2) is 41.0 Å². The zero-order valence-electron chi connectivity index (χ0n) is 14.7. The van der Waals surface area contributed by atoms with Crippen LogP contribution in [0.3, 0.4) is 0 Å². The first-order valence-electron chi connectivity index (χ1n) is 8.73. The molecule has 132 valence electrons. The van der Waals surface area contributed by atoms with Crippen LogP contribution in [0.4, 0.5) is 5.95 Å². The van der Waals surface area contributed by atoms with Gasteiger partial charge in [-0.05, 0) is 43.9 Å². The van der Waals surface area contributed by atoms with Crippen LogP contribution in [0.25, 0.3) is 0 Å². The standard InChI is InChI=1S/C19H24N4O2/c1-3-20-19-21-12-15(13-22-19)18(24)23-10-5-4-9-17(23)14-7-6-8-16(11-14)25-2/h6-8,11-13,17H,3-5,9-10H2,1-2H3,(H,20,21,22). The predicted molar refractivity (Wildman–Crippen MR) is 96.8 cm³/mol. The summed E-state index contributed by atoms with van der Waals surface area (Å²) in [6.45, 7) is 3.47. The molecule has 0 saturated carbocycles. The lowest BCUT2D eigenvalue weighted by atomic mass is 9.94. The predicted octanol–water partition coefficient (Wildman–Crippen LogP) is 3.28. The van der Waals surface area contributed by atoms with Gasteiger partial charge in [0.2, 0.25) is 5.95 Å². The normalized spacial score (nSPS) is 17.2. The zero-order chi connectivity index (χ0) is 17.6. The van der Waals surface area contributed by atoms with Gasteiger partial charge in [0.1, 0.15) is 5.75 Å². The number of piperidine rings is 1. The lowest BCUT2D eigenvalue weighted by molar-refractivity contribution is 0.0610. The van der Waals surface area contributed by atoms with Crippen LogP contribution in [0.2, 0.25) is 0 Å². The monoisotopic (exact) mass is 340 g/mol. The van der Waals surface area contributed by atoms with Crippen LogP contribution >= 0.6 is 0 Å². The number of nitrogens with zero attached hydrogens (tertiary/aromatic N) is 3. The van der Waals surface area contributed by atoms with Crippen molar-refractivity contribution in [2.45, 2.75) is 32.2 Å². The molecule has 1 aliphatic heterocycles. The highest BCUT2D eigenvalue weighted by molar-refractivity contribution is 5.94. The van der Waals surface area contributed by atoms with E-state index in [2.05, 4.69) is 21.4 Å². The summed E-state index contributed by atoms with van der Waals surface area (Å²) in [6, 6.07) is 8.03. The van der Waals surface area contributed by atoms with Gasteiger partial charge >= 0.3 is 0 Å². The van der Waals surface area contributed by atoms with Gasteiger partial charge in [-0.15, -0.1) is 0 Å². The molecule has 0 bridgehead atoms. The van der Waals surface area contributed by atoms with Gasteiger partial charge in [-0.1, -0.05) is 12.1 Å². The smallest absolute Gasteiger partial charge is 0.257 e. The molecule has 1 saturated heterocycles. The number of benzene rings is 1. The van der Waals surface area contributed by atoms with Gasteiger partial charge < -0.3 is 15.0 Å². The Kier molecular flexibility index (Phi) is 5.48. The van der Waals surface area contributed by atoms with Crippen molar-refractivity contribution in [3.05, 3.63) is 47.8 Å². The third kappa shape index (κ3) is 3.90. The third-order valence-electron chi connectivity index (χ3n) is 4.48. The number of carbonyl (C=O) groups is 1. The van der Waals surface area contributed by atoms with Gasteiger partial charge in [-0.3, -0.25) is 4.79 Å². The number of likely N-dealkylation sites (tertiary alicyclic amines) is 1. The SMILES string of the molecule is CCNc1ncc(C(=O)N2CCCCC2c2cccc(OC)c2)cn1. The van der Waals surface area contributed by atoms with Crippen LogP contribution in [0.5, 0.6) is 5.75 Å². The Balaban J connectivity index is 1.83. The summed E-state index contributed by atoms with van der Waals surface area (Å²) in [7, 11) is 1.66. The van der Waals surface area contributed by atoms with Crippen molar-refractivity contribution in [3.8, 4) is 5.75 Å². The maximum absolute atomic E-state index is 13.0. The maximum Gasteiger partial charge on any atom is 0.257 e. The molecule has 1 aromatic carbocycles. The maximum atomic E-state index is 13.0. The summed E-state index contributed by atoms with van der Waals surface area (Å²) < 4.78 is 5.33. The van der Waals surface area contributed by atoms with E-state index in [-0.39, 0.29) is 11.9 Å². The van der Waals surface area contributed by atoms with E-state index in [1.807, 2.05) is 30.0 Å². The van der Waals surface area contributed by atoms with Gasteiger partial charge in [0.15, 0.2) is 0 Å². The topological polar surface area (TPSA) is 67.4 Å². The van der Waals surface area contributed by atoms with Crippen LogP contribution in [-0.2, 0) is 0 Å². The van der Waals surface area contributed by atoms with E-state index < -0.39 is 0 Å². The number of methoxy groups -OCH3 is 1. The van der Waals surface area contributed by atoms with Crippen molar-refractivity contribution in [1.29, 1.82) is 0 Å². The zero-order valence-corrected chi connectivity index (χ0v) is 14.7. The van der Waals surface area contributed by atoms with Gasteiger partial charge in [0.05, 0.1) is 18.7 Å². The average Bonchev–Trinajstić information content (AvgIpc) is 2.68. The minimum Gasteiger partial charge on any atom is -0.497 e. The Labute approximate surface area is 148 Å². The van der Waals surface area contributed by atoms with Crippen molar-refractivity contribution < 1.29 is 9.53 Å². The van der Waals surface area contributed by atoms with E-state index in [0.717, 1.165) is 43.7 Å². The minimum atomic E-state index is -0.0180. The van der Waals surface area contributed by atoms with Crippen molar-refractivity contribution in [2.75, 3.05) is 25.5 Å². The van der Waals surface area contributed by atoms with Crippen LogP contribution in [0.15, 0.2) is 36.7 Å². The lowest BCUT2D eigenvalue weighted by Gasteiger charge is -2.36. The van der Waals surface area contributed by atoms with E-state index in [1.165, 1.54) is 0 Å². The van der Waals surface area contributed by atoms with Crippen molar-refractivity contribution in [1.82, 2.24) is 14.9 Å². The summed E-state index contributed by atoms with van der Waals surface area (Å²) >= 11 is 0.